The number of hydrogen-bond acceptors (Lipinski definition) is 5. The summed E-state index contributed by atoms with van der Waals surface area (Å²) in [5.74, 6) is -0.0489. The molecule has 6 nitrogen and oxygen atoms in total. The molecular weight excluding hydrogens is 803 g/mol. The second-order valence-corrected chi connectivity index (χ2v) is 19.6. The largest absolute Gasteiger partial charge is 0.466 e. The van der Waals surface area contributed by atoms with Crippen LogP contribution < -0.4 is 5.32 Å². The van der Waals surface area contributed by atoms with Gasteiger partial charge in [0.2, 0.25) is 5.91 Å². The molecule has 0 bridgehead atoms. The minimum absolute atomic E-state index is 0.000718. The molecule has 0 rings (SSSR count). The second kappa shape index (κ2) is 54.7. The third-order valence-electron chi connectivity index (χ3n) is 13.2. The molecule has 2 unspecified atom stereocenters. The molecule has 65 heavy (non-hydrogen) atoms. The van der Waals surface area contributed by atoms with Gasteiger partial charge in [-0.3, -0.25) is 9.59 Å². The molecule has 0 aliphatic rings. The number of amides is 1. The number of allylic oxidation sites excluding steroid dienone is 6. The normalized spacial score (nSPS) is 12.9. The monoisotopic (exact) mass is 914 g/mol. The zero-order chi connectivity index (χ0) is 47.2. The molecule has 6 heteroatoms. The van der Waals surface area contributed by atoms with Crippen molar-refractivity contribution in [2.24, 2.45) is 0 Å². The Balaban J connectivity index is 3.42. The molecule has 0 aliphatic heterocycles. The lowest BCUT2D eigenvalue weighted by molar-refractivity contribution is -0.143. The van der Waals surface area contributed by atoms with Crippen LogP contribution in [0.5, 0.6) is 0 Å². The highest BCUT2D eigenvalue weighted by molar-refractivity contribution is 5.76. The first-order chi connectivity index (χ1) is 32.0. The molecule has 0 aromatic carbocycles. The summed E-state index contributed by atoms with van der Waals surface area (Å²) in [6, 6.07) is -0.547. The quantitative estimate of drug-likeness (QED) is 0.0321. The Hall–Kier alpha value is -1.92. The minimum Gasteiger partial charge on any atom is -0.466 e. The molecule has 0 spiro atoms. The van der Waals surface area contributed by atoms with E-state index in [9.17, 15) is 19.8 Å². The van der Waals surface area contributed by atoms with Crippen molar-refractivity contribution in [3.05, 3.63) is 36.5 Å². The van der Waals surface area contributed by atoms with Gasteiger partial charge in [0.1, 0.15) is 0 Å². The predicted octanol–water partition coefficient (Wildman–Crippen LogP) is 17.6. The van der Waals surface area contributed by atoms with Crippen molar-refractivity contribution in [1.29, 1.82) is 0 Å². The summed E-state index contributed by atoms with van der Waals surface area (Å²) in [7, 11) is 0. The maximum atomic E-state index is 12.4. The van der Waals surface area contributed by atoms with Gasteiger partial charge in [0, 0.05) is 12.8 Å². The summed E-state index contributed by atoms with van der Waals surface area (Å²) >= 11 is 0. The summed E-state index contributed by atoms with van der Waals surface area (Å²) in [4.78, 5) is 24.4. The first-order valence-electron chi connectivity index (χ1n) is 28.7. The lowest BCUT2D eigenvalue weighted by atomic mass is 10.0. The van der Waals surface area contributed by atoms with Crippen molar-refractivity contribution >= 4 is 11.9 Å². The van der Waals surface area contributed by atoms with E-state index in [1.807, 2.05) is 0 Å². The maximum Gasteiger partial charge on any atom is 0.305 e. The van der Waals surface area contributed by atoms with Crippen molar-refractivity contribution in [1.82, 2.24) is 5.32 Å². The van der Waals surface area contributed by atoms with Crippen LogP contribution in [-0.4, -0.2) is 47.4 Å². The van der Waals surface area contributed by atoms with Crippen LogP contribution in [0.1, 0.15) is 303 Å². The zero-order valence-corrected chi connectivity index (χ0v) is 43.5. The molecule has 3 N–H and O–H groups in total. The molecule has 2 atom stereocenters. The van der Waals surface area contributed by atoms with E-state index >= 15 is 0 Å². The Kier molecular flexibility index (Phi) is 53.1. The van der Waals surface area contributed by atoms with Gasteiger partial charge < -0.3 is 20.3 Å². The van der Waals surface area contributed by atoms with Crippen molar-refractivity contribution in [2.75, 3.05) is 13.2 Å². The summed E-state index contributed by atoms with van der Waals surface area (Å²) in [6.45, 7) is 4.92. The summed E-state index contributed by atoms with van der Waals surface area (Å²) < 4.78 is 5.48. The minimum atomic E-state index is -0.669. The Labute approximate surface area is 404 Å². The van der Waals surface area contributed by atoms with Crippen molar-refractivity contribution in [3.63, 3.8) is 0 Å². The molecule has 0 heterocycles. The SMILES string of the molecule is CCCCCCCCC/C=C\CCCCCCCC(=O)OCCCCCCCCCCC/C=C\C/C=C\CCCCCCCCCC(=O)NC(CO)C(O)CCCCCCCCCCC. The van der Waals surface area contributed by atoms with E-state index in [-0.39, 0.29) is 18.5 Å². The third kappa shape index (κ3) is 51.3. The van der Waals surface area contributed by atoms with Crippen molar-refractivity contribution in [3.8, 4) is 0 Å². The first kappa shape index (κ1) is 63.1. The highest BCUT2D eigenvalue weighted by Crippen LogP contribution is 2.16. The number of carbonyl (C=O) groups excluding carboxylic acids is 2. The molecular formula is C59H111NO5. The second-order valence-electron chi connectivity index (χ2n) is 19.6. The van der Waals surface area contributed by atoms with E-state index < -0.39 is 12.1 Å². The molecule has 0 aromatic heterocycles. The summed E-state index contributed by atoms with van der Waals surface area (Å²) in [6.07, 6.45) is 67.2. The van der Waals surface area contributed by atoms with Crippen molar-refractivity contribution in [2.45, 2.75) is 315 Å². The van der Waals surface area contributed by atoms with Gasteiger partial charge in [0.05, 0.1) is 25.4 Å². The lowest BCUT2D eigenvalue weighted by Gasteiger charge is -2.22. The average molecular weight is 915 g/mol. The van der Waals surface area contributed by atoms with Crippen molar-refractivity contribution < 1.29 is 24.5 Å². The van der Waals surface area contributed by atoms with E-state index in [0.29, 0.717) is 25.9 Å². The fourth-order valence-electron chi connectivity index (χ4n) is 8.72. The summed E-state index contributed by atoms with van der Waals surface area (Å²) in [5.41, 5.74) is 0. The number of ether oxygens (including phenoxy) is 1. The number of esters is 1. The van der Waals surface area contributed by atoms with E-state index in [0.717, 1.165) is 57.8 Å². The van der Waals surface area contributed by atoms with Crippen LogP contribution in [0.3, 0.4) is 0 Å². The smallest absolute Gasteiger partial charge is 0.305 e. The van der Waals surface area contributed by atoms with Gasteiger partial charge in [-0.1, -0.05) is 243 Å². The van der Waals surface area contributed by atoms with Crippen LogP contribution in [0.4, 0.5) is 0 Å². The van der Waals surface area contributed by atoms with Crippen LogP contribution in [0.2, 0.25) is 0 Å². The van der Waals surface area contributed by atoms with E-state index in [4.69, 9.17) is 4.74 Å². The highest BCUT2D eigenvalue weighted by Gasteiger charge is 2.20. The fourth-order valence-corrected chi connectivity index (χ4v) is 8.72. The van der Waals surface area contributed by atoms with Crippen LogP contribution >= 0.6 is 0 Å². The highest BCUT2D eigenvalue weighted by atomic mass is 16.5. The Morgan fingerprint density at radius 2 is 0.769 bits per heavy atom. The number of rotatable bonds is 53. The van der Waals surface area contributed by atoms with Gasteiger partial charge >= 0.3 is 5.97 Å². The zero-order valence-electron chi connectivity index (χ0n) is 43.5. The molecule has 1 amide bonds. The van der Waals surface area contributed by atoms with E-state index in [1.54, 1.807) is 0 Å². The van der Waals surface area contributed by atoms with Gasteiger partial charge in [-0.25, -0.2) is 0 Å². The van der Waals surface area contributed by atoms with Crippen LogP contribution in [0.15, 0.2) is 36.5 Å². The van der Waals surface area contributed by atoms with E-state index in [1.165, 1.54) is 212 Å². The van der Waals surface area contributed by atoms with Crippen LogP contribution in [0, 0.1) is 0 Å². The van der Waals surface area contributed by atoms with Gasteiger partial charge in [-0.05, 0) is 83.5 Å². The average Bonchev–Trinajstić information content (AvgIpc) is 3.31. The lowest BCUT2D eigenvalue weighted by Crippen LogP contribution is -2.45. The Morgan fingerprint density at radius 3 is 1.18 bits per heavy atom. The van der Waals surface area contributed by atoms with Crippen LogP contribution in [0.25, 0.3) is 0 Å². The third-order valence-corrected chi connectivity index (χ3v) is 13.2. The molecule has 0 saturated heterocycles. The predicted molar refractivity (Wildman–Crippen MR) is 283 cm³/mol. The number of nitrogens with one attached hydrogen (secondary N) is 1. The van der Waals surface area contributed by atoms with Gasteiger partial charge in [0.25, 0.3) is 0 Å². The first-order valence-corrected chi connectivity index (χ1v) is 28.7. The number of unbranched alkanes of at least 4 members (excludes halogenated alkanes) is 36. The number of aliphatic hydroxyl groups excluding tert-OH is 2. The van der Waals surface area contributed by atoms with Crippen LogP contribution in [-0.2, 0) is 14.3 Å². The molecule has 0 aromatic rings. The van der Waals surface area contributed by atoms with Gasteiger partial charge in [-0.15, -0.1) is 0 Å². The topological polar surface area (TPSA) is 95.9 Å². The number of hydrogen-bond donors (Lipinski definition) is 3. The molecule has 0 aliphatic carbocycles. The van der Waals surface area contributed by atoms with Gasteiger partial charge in [0.15, 0.2) is 0 Å². The molecule has 0 saturated carbocycles. The number of aliphatic hydroxyl groups is 2. The molecule has 382 valence electrons. The van der Waals surface area contributed by atoms with E-state index in [2.05, 4.69) is 55.6 Å². The Morgan fingerprint density at radius 1 is 0.431 bits per heavy atom. The maximum absolute atomic E-state index is 12.4. The Bertz CT molecular complexity index is 1060. The fraction of sp³-hybridized carbons (Fsp3) is 0.864. The molecule has 0 radical (unpaired) electrons. The number of carbonyl (C=O) groups is 2. The molecule has 0 fully saturated rings. The van der Waals surface area contributed by atoms with Gasteiger partial charge in [-0.2, -0.15) is 0 Å². The standard InChI is InChI=1S/C59H111NO5/c1-3-5-7-9-11-13-14-15-16-27-30-33-37-41-45-49-53-59(64)65-54-50-46-42-38-34-31-28-25-23-21-19-17-18-20-22-24-26-29-32-36-40-44-48-52-58(63)60-56(55-61)57(62)51-47-43-39-35-12-10-8-6-4-2/h16-17,19-20,22,27,56-57,61-62H,3-15,18,21,23-26,28-55H2,1-2H3,(H,60,63)/b19-17-,22-20-,27-16-. The summed E-state index contributed by atoms with van der Waals surface area (Å²) in [5, 5.41) is 23.1.